The first-order valence-electron chi connectivity index (χ1n) is 9.05. The van der Waals surface area contributed by atoms with Gasteiger partial charge in [0.05, 0.1) is 23.7 Å². The first-order chi connectivity index (χ1) is 12.8. The second kappa shape index (κ2) is 9.71. The van der Waals surface area contributed by atoms with Crippen molar-refractivity contribution in [2.24, 2.45) is 0 Å². The fourth-order valence-corrected chi connectivity index (χ4v) is 3.47. The number of nitrogens with zero attached hydrogens (tertiary/aromatic N) is 1. The van der Waals surface area contributed by atoms with Crippen molar-refractivity contribution in [2.75, 3.05) is 5.32 Å². The third kappa shape index (κ3) is 6.22. The highest BCUT2D eigenvalue weighted by atomic mass is 32.2. The van der Waals surface area contributed by atoms with Gasteiger partial charge in [0.25, 0.3) is 5.56 Å². The zero-order valence-corrected chi connectivity index (χ0v) is 17.3. The van der Waals surface area contributed by atoms with Gasteiger partial charge in [0, 0.05) is 11.8 Å². The molecule has 0 radical (unpaired) electrons. The van der Waals surface area contributed by atoms with Crippen LogP contribution in [0.15, 0.2) is 34.2 Å². The first kappa shape index (κ1) is 21.2. The van der Waals surface area contributed by atoms with Crippen molar-refractivity contribution in [3.63, 3.8) is 0 Å². The van der Waals surface area contributed by atoms with Crippen LogP contribution < -0.4 is 10.9 Å². The second-order valence-corrected chi connectivity index (χ2v) is 7.86. The molecule has 6 nitrogen and oxygen atoms in total. The van der Waals surface area contributed by atoms with Crippen molar-refractivity contribution in [2.45, 2.75) is 64.2 Å². The van der Waals surface area contributed by atoms with E-state index in [1.807, 2.05) is 52.8 Å². The molecule has 0 saturated carbocycles. The Balaban J connectivity index is 2.14. The second-order valence-electron chi connectivity index (χ2n) is 6.67. The lowest BCUT2D eigenvalue weighted by atomic mass is 10.1. The number of anilines is 1. The fourth-order valence-electron chi connectivity index (χ4n) is 2.54. The van der Waals surface area contributed by atoms with Crippen LogP contribution in [0.4, 0.5) is 5.69 Å². The van der Waals surface area contributed by atoms with Crippen LogP contribution >= 0.6 is 11.8 Å². The summed E-state index contributed by atoms with van der Waals surface area (Å²) >= 11 is 1.26. The summed E-state index contributed by atoms with van der Waals surface area (Å²) in [5, 5.41) is 3.07. The number of carbonyl (C=O) groups excluding carboxylic acids is 1. The number of thioether (sulfide) groups is 1. The van der Waals surface area contributed by atoms with Gasteiger partial charge in [0.1, 0.15) is 0 Å². The molecule has 0 aliphatic rings. The summed E-state index contributed by atoms with van der Waals surface area (Å²) in [6, 6.07) is 7.32. The van der Waals surface area contributed by atoms with Gasteiger partial charge in [-0.1, -0.05) is 36.9 Å². The quantitative estimate of drug-likeness (QED) is 0.530. The van der Waals surface area contributed by atoms with Crippen molar-refractivity contribution in [1.29, 1.82) is 0 Å². The number of hydrogen-bond acceptors (Lipinski definition) is 5. The number of para-hydroxylation sites is 1. The average molecular weight is 390 g/mol. The number of aryl methyl sites for hydroxylation is 2. The maximum absolute atomic E-state index is 12.8. The molecule has 1 aromatic heterocycles. The van der Waals surface area contributed by atoms with Crippen molar-refractivity contribution < 1.29 is 9.53 Å². The van der Waals surface area contributed by atoms with Gasteiger partial charge in [0.2, 0.25) is 5.91 Å². The van der Waals surface area contributed by atoms with Gasteiger partial charge in [-0.05, 0) is 45.2 Å². The van der Waals surface area contributed by atoms with Crippen molar-refractivity contribution >= 4 is 23.4 Å². The summed E-state index contributed by atoms with van der Waals surface area (Å²) in [6.07, 6.45) is 0.659. The lowest BCUT2D eigenvalue weighted by Crippen LogP contribution is -2.26. The van der Waals surface area contributed by atoms with E-state index < -0.39 is 0 Å². The highest BCUT2D eigenvalue weighted by Crippen LogP contribution is 2.25. The molecule has 0 spiro atoms. The maximum atomic E-state index is 12.8. The Morgan fingerprint density at radius 2 is 1.96 bits per heavy atom. The van der Waals surface area contributed by atoms with Gasteiger partial charge < -0.3 is 15.0 Å². The van der Waals surface area contributed by atoms with E-state index in [-0.39, 0.29) is 29.4 Å². The van der Waals surface area contributed by atoms with Crippen LogP contribution in [-0.4, -0.2) is 27.2 Å². The molecule has 0 aliphatic carbocycles. The van der Waals surface area contributed by atoms with E-state index >= 15 is 0 Å². The number of hydrogen-bond donors (Lipinski definition) is 2. The predicted octanol–water partition coefficient (Wildman–Crippen LogP) is 3.82. The number of aromatic nitrogens is 2. The van der Waals surface area contributed by atoms with E-state index in [0.29, 0.717) is 17.3 Å². The van der Waals surface area contributed by atoms with Gasteiger partial charge in [-0.2, -0.15) is 0 Å². The summed E-state index contributed by atoms with van der Waals surface area (Å²) < 4.78 is 5.52. The summed E-state index contributed by atoms with van der Waals surface area (Å²) in [6.45, 7) is 9.98. The molecule has 27 heavy (non-hydrogen) atoms. The first-order valence-corrected chi connectivity index (χ1v) is 9.93. The van der Waals surface area contributed by atoms with Gasteiger partial charge >= 0.3 is 0 Å². The zero-order valence-electron chi connectivity index (χ0n) is 16.5. The van der Waals surface area contributed by atoms with Crippen LogP contribution in [0.3, 0.4) is 0 Å². The molecule has 146 valence electrons. The molecular weight excluding hydrogens is 362 g/mol. The maximum Gasteiger partial charge on any atom is 0.251 e. The molecule has 0 fully saturated rings. The number of H-pyrrole nitrogens is 1. The monoisotopic (exact) mass is 389 g/mol. The summed E-state index contributed by atoms with van der Waals surface area (Å²) in [4.78, 5) is 31.8. The molecule has 0 bridgehead atoms. The number of rotatable bonds is 8. The number of nitrogens with one attached hydrogen (secondary N) is 2. The van der Waals surface area contributed by atoms with E-state index in [4.69, 9.17) is 4.74 Å². The molecule has 1 heterocycles. The molecule has 2 N–H and O–H groups in total. The molecule has 7 heteroatoms. The third-order valence-corrected chi connectivity index (χ3v) is 5.23. The molecule has 0 aliphatic heterocycles. The minimum atomic E-state index is -0.367. The Morgan fingerprint density at radius 3 is 2.56 bits per heavy atom. The highest BCUT2D eigenvalue weighted by molar-refractivity contribution is 8.00. The van der Waals surface area contributed by atoms with Crippen LogP contribution in [0, 0.1) is 13.8 Å². The van der Waals surface area contributed by atoms with Crippen molar-refractivity contribution in [3.05, 3.63) is 51.4 Å². The lowest BCUT2D eigenvalue weighted by molar-refractivity contribution is -0.115. The number of aromatic amines is 1. The highest BCUT2D eigenvalue weighted by Gasteiger charge is 2.21. The van der Waals surface area contributed by atoms with E-state index in [1.54, 1.807) is 0 Å². The van der Waals surface area contributed by atoms with Gasteiger partial charge in [-0.3, -0.25) is 9.59 Å². The number of benzene rings is 1. The van der Waals surface area contributed by atoms with Gasteiger partial charge in [-0.15, -0.1) is 0 Å². The smallest absolute Gasteiger partial charge is 0.251 e. The van der Waals surface area contributed by atoms with E-state index in [2.05, 4.69) is 15.3 Å². The summed E-state index contributed by atoms with van der Waals surface area (Å²) in [5.41, 5.74) is 3.17. The summed E-state index contributed by atoms with van der Waals surface area (Å²) in [5.74, 6) is -0.105. The molecule has 2 rings (SSSR count). The standard InChI is InChI=1S/C20H27N3O3S/c1-6-16(19(25)23-18-13(4)8-7-9-14(18)5)27-20-21-15(10-17(24)22-20)11-26-12(2)3/h7-10,12,16H,6,11H2,1-5H3,(H,23,25)(H,21,22,24). The fraction of sp³-hybridized carbons (Fsp3) is 0.450. The Bertz CT molecular complexity index is 828. The van der Waals surface area contributed by atoms with E-state index in [1.165, 1.54) is 17.8 Å². The van der Waals surface area contributed by atoms with Crippen LogP contribution in [0.5, 0.6) is 0 Å². The Labute approximate surface area is 164 Å². The van der Waals surface area contributed by atoms with Gasteiger partial charge in [0.15, 0.2) is 5.16 Å². The molecular formula is C20H27N3O3S. The Hall–Kier alpha value is -2.12. The van der Waals surface area contributed by atoms with Crippen LogP contribution in [0.1, 0.15) is 44.0 Å². The lowest BCUT2D eigenvalue weighted by Gasteiger charge is -2.17. The Morgan fingerprint density at radius 1 is 1.30 bits per heavy atom. The van der Waals surface area contributed by atoms with Crippen LogP contribution in [0.2, 0.25) is 0 Å². The molecule has 2 aromatic rings. The molecule has 1 aromatic carbocycles. The van der Waals surface area contributed by atoms with Gasteiger partial charge in [-0.25, -0.2) is 4.98 Å². The average Bonchev–Trinajstić information content (AvgIpc) is 2.60. The van der Waals surface area contributed by atoms with Crippen molar-refractivity contribution in [3.8, 4) is 0 Å². The summed E-state index contributed by atoms with van der Waals surface area (Å²) in [7, 11) is 0. The SMILES string of the molecule is CCC(Sc1nc(COC(C)C)cc(=O)[nH]1)C(=O)Nc1c(C)cccc1C. The third-order valence-electron chi connectivity index (χ3n) is 3.98. The minimum Gasteiger partial charge on any atom is -0.373 e. The van der Waals surface area contributed by atoms with E-state index in [9.17, 15) is 9.59 Å². The largest absolute Gasteiger partial charge is 0.373 e. The zero-order chi connectivity index (χ0) is 20.0. The van der Waals surface area contributed by atoms with Crippen LogP contribution in [0.25, 0.3) is 0 Å². The molecule has 0 saturated heterocycles. The molecule has 1 unspecified atom stereocenters. The molecule has 1 atom stereocenters. The number of carbonyl (C=O) groups is 1. The normalized spacial score (nSPS) is 12.2. The number of ether oxygens (including phenoxy) is 1. The van der Waals surface area contributed by atoms with E-state index in [0.717, 1.165) is 16.8 Å². The minimum absolute atomic E-state index is 0.0497. The number of amides is 1. The molecule has 1 amide bonds. The van der Waals surface area contributed by atoms with Crippen molar-refractivity contribution in [1.82, 2.24) is 9.97 Å². The Kier molecular flexibility index (Phi) is 7.62. The topological polar surface area (TPSA) is 84.1 Å². The van der Waals surface area contributed by atoms with Crippen LogP contribution in [-0.2, 0) is 16.1 Å². The predicted molar refractivity (Wildman–Crippen MR) is 109 cm³/mol.